The lowest BCUT2D eigenvalue weighted by Crippen LogP contribution is -2.38. The highest BCUT2D eigenvalue weighted by molar-refractivity contribution is 7.11. The predicted octanol–water partition coefficient (Wildman–Crippen LogP) is 3.93. The van der Waals surface area contributed by atoms with E-state index in [-0.39, 0.29) is 5.54 Å². The van der Waals surface area contributed by atoms with Crippen LogP contribution in [-0.2, 0) is 6.54 Å². The van der Waals surface area contributed by atoms with Crippen molar-refractivity contribution in [3.63, 3.8) is 0 Å². The molecule has 0 bridgehead atoms. The Morgan fingerprint density at radius 1 is 1.44 bits per heavy atom. The van der Waals surface area contributed by atoms with Gasteiger partial charge in [0, 0.05) is 29.1 Å². The fourth-order valence-electron chi connectivity index (χ4n) is 1.71. The first-order chi connectivity index (χ1) is 7.44. The molecule has 0 aliphatic carbocycles. The van der Waals surface area contributed by atoms with Gasteiger partial charge in [0.05, 0.1) is 5.01 Å². The van der Waals surface area contributed by atoms with Gasteiger partial charge in [0.2, 0.25) is 0 Å². The largest absolute Gasteiger partial charge is 0.307 e. The molecular formula is C13H24N2S. The molecule has 0 unspecified atom stereocenters. The normalized spacial score (nSPS) is 12.4. The van der Waals surface area contributed by atoms with E-state index in [4.69, 9.17) is 0 Å². The Hall–Kier alpha value is -0.410. The number of rotatable bonds is 6. The summed E-state index contributed by atoms with van der Waals surface area (Å²) < 4.78 is 0. The summed E-state index contributed by atoms with van der Waals surface area (Å²) in [5, 5.41) is 4.84. The molecule has 1 heterocycles. The molecule has 1 aromatic rings. The van der Waals surface area contributed by atoms with Gasteiger partial charge in [0.1, 0.15) is 0 Å². The van der Waals surface area contributed by atoms with Crippen molar-refractivity contribution in [1.29, 1.82) is 0 Å². The van der Waals surface area contributed by atoms with Gasteiger partial charge in [0.15, 0.2) is 0 Å². The van der Waals surface area contributed by atoms with E-state index in [2.05, 4.69) is 44.9 Å². The first-order valence-electron chi connectivity index (χ1n) is 6.14. The molecule has 0 saturated heterocycles. The quantitative estimate of drug-likeness (QED) is 0.815. The summed E-state index contributed by atoms with van der Waals surface area (Å²) in [7, 11) is 0. The van der Waals surface area contributed by atoms with Crippen LogP contribution in [0.5, 0.6) is 0 Å². The summed E-state index contributed by atoms with van der Waals surface area (Å²) in [6, 6.07) is 0. The number of hydrogen-bond acceptors (Lipinski definition) is 3. The SMILES string of the molecule is CCCC(C)(C)NCc1cnc(C(C)C)s1. The van der Waals surface area contributed by atoms with E-state index in [0.717, 1.165) is 6.54 Å². The van der Waals surface area contributed by atoms with Gasteiger partial charge < -0.3 is 5.32 Å². The van der Waals surface area contributed by atoms with E-state index in [0.29, 0.717) is 5.92 Å². The second kappa shape index (κ2) is 5.78. The highest BCUT2D eigenvalue weighted by atomic mass is 32.1. The van der Waals surface area contributed by atoms with E-state index >= 15 is 0 Å². The van der Waals surface area contributed by atoms with Gasteiger partial charge in [-0.05, 0) is 20.3 Å². The third-order valence-corrected chi connectivity index (χ3v) is 3.98. The first kappa shape index (κ1) is 13.7. The van der Waals surface area contributed by atoms with Crippen LogP contribution in [0.3, 0.4) is 0 Å². The second-order valence-corrected chi connectivity index (χ2v) is 6.45. The van der Waals surface area contributed by atoms with Crippen LogP contribution in [0, 0.1) is 0 Å². The minimum absolute atomic E-state index is 0.233. The summed E-state index contributed by atoms with van der Waals surface area (Å²) in [6.07, 6.45) is 4.44. The Kier molecular flexibility index (Phi) is 4.93. The fraction of sp³-hybridized carbons (Fsp3) is 0.769. The Morgan fingerprint density at radius 3 is 2.62 bits per heavy atom. The lowest BCUT2D eigenvalue weighted by Gasteiger charge is -2.25. The van der Waals surface area contributed by atoms with Crippen LogP contribution < -0.4 is 5.32 Å². The molecular weight excluding hydrogens is 216 g/mol. The standard InChI is InChI=1S/C13H24N2S/c1-6-7-13(4,5)15-9-11-8-14-12(16-11)10(2)3/h8,10,15H,6-7,9H2,1-5H3. The molecule has 0 amide bonds. The van der Waals surface area contributed by atoms with Crippen LogP contribution in [-0.4, -0.2) is 10.5 Å². The maximum absolute atomic E-state index is 4.44. The topological polar surface area (TPSA) is 24.9 Å². The van der Waals surface area contributed by atoms with Crippen LogP contribution in [0.1, 0.15) is 63.3 Å². The summed E-state index contributed by atoms with van der Waals surface area (Å²) in [4.78, 5) is 5.78. The molecule has 0 radical (unpaired) electrons. The average Bonchev–Trinajstić information content (AvgIpc) is 2.63. The molecule has 0 atom stereocenters. The maximum atomic E-state index is 4.44. The van der Waals surface area contributed by atoms with Crippen molar-refractivity contribution in [2.75, 3.05) is 0 Å². The molecule has 1 N–H and O–H groups in total. The molecule has 0 spiro atoms. The highest BCUT2D eigenvalue weighted by Crippen LogP contribution is 2.21. The molecule has 92 valence electrons. The van der Waals surface area contributed by atoms with Crippen LogP contribution in [0.25, 0.3) is 0 Å². The molecule has 0 aliphatic heterocycles. The zero-order valence-corrected chi connectivity index (χ0v) is 11.9. The number of nitrogens with zero attached hydrogens (tertiary/aromatic N) is 1. The second-order valence-electron chi connectivity index (χ2n) is 5.31. The highest BCUT2D eigenvalue weighted by Gasteiger charge is 2.16. The van der Waals surface area contributed by atoms with E-state index in [1.807, 2.05) is 17.5 Å². The summed E-state index contributed by atoms with van der Waals surface area (Å²) in [6.45, 7) is 12.1. The lowest BCUT2D eigenvalue weighted by molar-refractivity contribution is 0.358. The first-order valence-corrected chi connectivity index (χ1v) is 6.96. The smallest absolute Gasteiger partial charge is 0.0953 e. The zero-order chi connectivity index (χ0) is 12.2. The van der Waals surface area contributed by atoms with Gasteiger partial charge in [-0.1, -0.05) is 27.2 Å². The van der Waals surface area contributed by atoms with Crippen LogP contribution in [0.15, 0.2) is 6.20 Å². The molecule has 16 heavy (non-hydrogen) atoms. The van der Waals surface area contributed by atoms with Gasteiger partial charge in [0.25, 0.3) is 0 Å². The summed E-state index contributed by atoms with van der Waals surface area (Å²) in [5.41, 5.74) is 0.233. The Bertz CT molecular complexity index is 315. The third-order valence-electron chi connectivity index (χ3n) is 2.68. The van der Waals surface area contributed by atoms with Crippen molar-refractivity contribution in [1.82, 2.24) is 10.3 Å². The molecule has 0 aromatic carbocycles. The number of nitrogens with one attached hydrogen (secondary N) is 1. The van der Waals surface area contributed by atoms with Gasteiger partial charge in [-0.3, -0.25) is 0 Å². The fourth-order valence-corrected chi connectivity index (χ4v) is 2.57. The molecule has 1 rings (SSSR count). The molecule has 3 heteroatoms. The van der Waals surface area contributed by atoms with Crippen LogP contribution >= 0.6 is 11.3 Å². The minimum Gasteiger partial charge on any atom is -0.307 e. The Morgan fingerprint density at radius 2 is 2.12 bits per heavy atom. The van der Waals surface area contributed by atoms with Crippen molar-refractivity contribution in [2.45, 2.75) is 65.5 Å². The average molecular weight is 240 g/mol. The predicted molar refractivity (Wildman–Crippen MR) is 72.0 cm³/mol. The Labute approximate surface area is 103 Å². The lowest BCUT2D eigenvalue weighted by atomic mass is 9.99. The Balaban J connectivity index is 2.48. The van der Waals surface area contributed by atoms with Crippen molar-refractivity contribution < 1.29 is 0 Å². The van der Waals surface area contributed by atoms with Gasteiger partial charge in [-0.2, -0.15) is 0 Å². The number of hydrogen-bond donors (Lipinski definition) is 1. The number of thiazole rings is 1. The molecule has 0 fully saturated rings. The number of aromatic nitrogens is 1. The summed E-state index contributed by atoms with van der Waals surface area (Å²) >= 11 is 1.83. The molecule has 0 saturated carbocycles. The molecule has 2 nitrogen and oxygen atoms in total. The van der Waals surface area contributed by atoms with Gasteiger partial charge >= 0.3 is 0 Å². The van der Waals surface area contributed by atoms with Crippen LogP contribution in [0.2, 0.25) is 0 Å². The minimum atomic E-state index is 0.233. The van der Waals surface area contributed by atoms with E-state index in [1.165, 1.54) is 22.7 Å². The molecule has 1 aromatic heterocycles. The zero-order valence-electron chi connectivity index (χ0n) is 11.1. The third kappa shape index (κ3) is 4.22. The van der Waals surface area contributed by atoms with Crippen molar-refractivity contribution in [2.24, 2.45) is 0 Å². The van der Waals surface area contributed by atoms with Crippen molar-refractivity contribution in [3.05, 3.63) is 16.1 Å². The van der Waals surface area contributed by atoms with E-state index < -0.39 is 0 Å². The van der Waals surface area contributed by atoms with Crippen molar-refractivity contribution in [3.8, 4) is 0 Å². The van der Waals surface area contributed by atoms with Crippen LogP contribution in [0.4, 0.5) is 0 Å². The summed E-state index contributed by atoms with van der Waals surface area (Å²) in [5.74, 6) is 0.544. The van der Waals surface area contributed by atoms with E-state index in [9.17, 15) is 0 Å². The monoisotopic (exact) mass is 240 g/mol. The van der Waals surface area contributed by atoms with Gasteiger partial charge in [-0.25, -0.2) is 4.98 Å². The van der Waals surface area contributed by atoms with Gasteiger partial charge in [-0.15, -0.1) is 11.3 Å². The van der Waals surface area contributed by atoms with E-state index in [1.54, 1.807) is 0 Å². The maximum Gasteiger partial charge on any atom is 0.0953 e. The molecule has 0 aliphatic rings. The van der Waals surface area contributed by atoms with Crippen molar-refractivity contribution >= 4 is 11.3 Å².